The Bertz CT molecular complexity index is 1270. The number of aromatic nitrogens is 3. The van der Waals surface area contributed by atoms with Crippen molar-refractivity contribution < 1.29 is 60.8 Å². The Labute approximate surface area is 225 Å². The second kappa shape index (κ2) is 14.7. The normalized spacial score (nSPS) is 13.0. The SMILES string of the molecule is O.O=C(O)C(F)(F)F.O=C(O)C(F)(F)F.O=C(c1[nH]nc(-c2ccc(F)cc2)c1-c1ccncc1)N1CCNCC1. The third-order valence-corrected chi connectivity index (χ3v) is 4.96. The zero-order valence-electron chi connectivity index (χ0n) is 20.6. The summed E-state index contributed by atoms with van der Waals surface area (Å²) in [5, 5.41) is 24.8. The van der Waals surface area contributed by atoms with Crippen LogP contribution in [0.25, 0.3) is 22.4 Å². The second-order valence-corrected chi connectivity index (χ2v) is 7.71. The first-order valence-corrected chi connectivity index (χ1v) is 11.0. The van der Waals surface area contributed by atoms with Crippen LogP contribution < -0.4 is 5.32 Å². The molecule has 4 rings (SSSR count). The van der Waals surface area contributed by atoms with E-state index in [0.717, 1.165) is 24.2 Å². The van der Waals surface area contributed by atoms with E-state index in [0.29, 0.717) is 30.0 Å². The molecule has 0 atom stereocenters. The Hall–Kier alpha value is -4.58. The Morgan fingerprint density at radius 3 is 1.71 bits per heavy atom. The predicted molar refractivity (Wildman–Crippen MR) is 127 cm³/mol. The van der Waals surface area contributed by atoms with Crippen molar-refractivity contribution in [2.24, 2.45) is 0 Å². The Kier molecular flexibility index (Phi) is 12.4. The molecule has 1 saturated heterocycles. The molecule has 3 aromatic rings. The number of benzene rings is 1. The van der Waals surface area contributed by atoms with Crippen LogP contribution in [0.5, 0.6) is 0 Å². The van der Waals surface area contributed by atoms with E-state index in [9.17, 15) is 35.5 Å². The number of hydrogen-bond donors (Lipinski definition) is 4. The Morgan fingerprint density at radius 2 is 1.27 bits per heavy atom. The van der Waals surface area contributed by atoms with Gasteiger partial charge < -0.3 is 25.9 Å². The number of carboxylic acid groups (broad SMARTS) is 2. The van der Waals surface area contributed by atoms with Gasteiger partial charge in [0.1, 0.15) is 17.2 Å². The lowest BCUT2D eigenvalue weighted by Gasteiger charge is -2.27. The summed E-state index contributed by atoms with van der Waals surface area (Å²) in [4.78, 5) is 36.7. The number of rotatable bonds is 3. The molecule has 2 aromatic heterocycles. The highest BCUT2D eigenvalue weighted by Gasteiger charge is 2.38. The van der Waals surface area contributed by atoms with Crippen LogP contribution in [-0.2, 0) is 9.59 Å². The van der Waals surface area contributed by atoms with Gasteiger partial charge in [-0.05, 0) is 42.0 Å². The minimum Gasteiger partial charge on any atom is -0.475 e. The zero-order valence-corrected chi connectivity index (χ0v) is 20.6. The molecule has 1 aliphatic rings. The number of nitrogens with zero attached hydrogens (tertiary/aromatic N) is 3. The summed E-state index contributed by atoms with van der Waals surface area (Å²) < 4.78 is 76.8. The number of H-pyrrole nitrogens is 1. The molecule has 1 aromatic carbocycles. The maximum Gasteiger partial charge on any atom is 0.490 e. The number of aliphatic carboxylic acids is 2. The minimum atomic E-state index is -5.08. The molecule has 1 fully saturated rings. The summed E-state index contributed by atoms with van der Waals surface area (Å²) in [6.45, 7) is 2.85. The summed E-state index contributed by atoms with van der Waals surface area (Å²) in [5.41, 5.74) is 3.36. The number of pyridine rings is 1. The third kappa shape index (κ3) is 10.2. The summed E-state index contributed by atoms with van der Waals surface area (Å²) in [7, 11) is 0. The number of aromatic amines is 1. The van der Waals surface area contributed by atoms with Gasteiger partial charge in [-0.3, -0.25) is 14.9 Å². The highest BCUT2D eigenvalue weighted by molar-refractivity contribution is 6.02. The lowest BCUT2D eigenvalue weighted by Crippen LogP contribution is -2.46. The molecule has 0 saturated carbocycles. The molecule has 6 N–H and O–H groups in total. The topological polar surface area (TPSA) is 180 Å². The number of hydrogen-bond acceptors (Lipinski definition) is 6. The number of carboxylic acids is 2. The van der Waals surface area contributed by atoms with E-state index in [-0.39, 0.29) is 17.2 Å². The van der Waals surface area contributed by atoms with Gasteiger partial charge in [-0.2, -0.15) is 31.4 Å². The lowest BCUT2D eigenvalue weighted by atomic mass is 9.99. The molecular weight excluding hydrogens is 575 g/mol. The number of alkyl halides is 6. The van der Waals surface area contributed by atoms with Gasteiger partial charge in [-0.15, -0.1) is 0 Å². The van der Waals surface area contributed by atoms with Gasteiger partial charge in [0.25, 0.3) is 5.91 Å². The van der Waals surface area contributed by atoms with E-state index >= 15 is 0 Å². The molecule has 0 radical (unpaired) electrons. The van der Waals surface area contributed by atoms with Gasteiger partial charge in [0.15, 0.2) is 0 Å². The van der Waals surface area contributed by atoms with Gasteiger partial charge in [-0.25, -0.2) is 14.0 Å². The number of nitrogens with one attached hydrogen (secondary N) is 2. The second-order valence-electron chi connectivity index (χ2n) is 7.71. The van der Waals surface area contributed by atoms with Gasteiger partial charge in [0.05, 0.1) is 0 Å². The van der Waals surface area contributed by atoms with Crippen LogP contribution >= 0.6 is 0 Å². The van der Waals surface area contributed by atoms with Crippen LogP contribution in [0.4, 0.5) is 30.7 Å². The molecule has 0 unspecified atom stereocenters. The predicted octanol–water partition coefficient (Wildman–Crippen LogP) is 2.77. The fourth-order valence-electron chi connectivity index (χ4n) is 3.14. The maximum absolute atomic E-state index is 13.3. The quantitative estimate of drug-likeness (QED) is 0.333. The third-order valence-electron chi connectivity index (χ3n) is 4.96. The first kappa shape index (κ1) is 34.4. The van der Waals surface area contributed by atoms with E-state index in [2.05, 4.69) is 20.5 Å². The highest BCUT2D eigenvalue weighted by Crippen LogP contribution is 2.33. The monoisotopic (exact) mass is 597 g/mol. The molecular formula is C23H22F7N5O6. The van der Waals surface area contributed by atoms with Crippen molar-refractivity contribution in [1.82, 2.24) is 25.4 Å². The van der Waals surface area contributed by atoms with Gasteiger partial charge in [0, 0.05) is 49.7 Å². The van der Waals surface area contributed by atoms with Crippen molar-refractivity contribution in [2.45, 2.75) is 12.4 Å². The first-order valence-electron chi connectivity index (χ1n) is 11.0. The largest absolute Gasteiger partial charge is 0.490 e. The van der Waals surface area contributed by atoms with Crippen molar-refractivity contribution in [3.05, 3.63) is 60.3 Å². The number of amides is 1. The van der Waals surface area contributed by atoms with Crippen LogP contribution in [0.3, 0.4) is 0 Å². The molecule has 41 heavy (non-hydrogen) atoms. The molecule has 224 valence electrons. The highest BCUT2D eigenvalue weighted by atomic mass is 19.4. The average molecular weight is 597 g/mol. The van der Waals surface area contributed by atoms with E-state index in [1.807, 2.05) is 17.0 Å². The minimum absolute atomic E-state index is 0. The average Bonchev–Trinajstić information content (AvgIpc) is 3.34. The molecule has 0 aliphatic carbocycles. The number of piperazine rings is 1. The van der Waals surface area contributed by atoms with Crippen molar-refractivity contribution >= 4 is 17.8 Å². The van der Waals surface area contributed by atoms with Crippen LogP contribution in [0, 0.1) is 5.82 Å². The van der Waals surface area contributed by atoms with Crippen LogP contribution in [0.2, 0.25) is 0 Å². The fourth-order valence-corrected chi connectivity index (χ4v) is 3.14. The molecule has 11 nitrogen and oxygen atoms in total. The van der Waals surface area contributed by atoms with E-state index in [1.54, 1.807) is 24.5 Å². The number of carbonyl (C=O) groups is 3. The van der Waals surface area contributed by atoms with Gasteiger partial charge in [0.2, 0.25) is 0 Å². The number of carbonyl (C=O) groups excluding carboxylic acids is 1. The van der Waals surface area contributed by atoms with Crippen LogP contribution in [0.1, 0.15) is 10.5 Å². The summed E-state index contributed by atoms with van der Waals surface area (Å²) >= 11 is 0. The standard InChI is InChI=1S/C19H18FN5O.2C2HF3O2.H2O/c20-15-3-1-14(2-4-15)17-16(13-5-7-21-8-6-13)18(24-23-17)19(26)25-11-9-22-10-12-25;2*3-2(4,5)1(6)7;/h1-8,22H,9-12H2,(H,23,24);2*(H,6,7);1H2. The van der Waals surface area contributed by atoms with Crippen molar-refractivity contribution in [2.75, 3.05) is 26.2 Å². The Balaban J connectivity index is 0.000000469. The Morgan fingerprint density at radius 1 is 0.805 bits per heavy atom. The summed E-state index contributed by atoms with van der Waals surface area (Å²) in [6.07, 6.45) is -6.81. The van der Waals surface area contributed by atoms with Gasteiger partial charge >= 0.3 is 24.3 Å². The molecule has 0 spiro atoms. The molecule has 3 heterocycles. The van der Waals surface area contributed by atoms with Crippen molar-refractivity contribution in [3.8, 4) is 22.4 Å². The van der Waals surface area contributed by atoms with E-state index in [4.69, 9.17) is 19.8 Å². The number of halogens is 7. The van der Waals surface area contributed by atoms with Gasteiger partial charge in [-0.1, -0.05) is 0 Å². The van der Waals surface area contributed by atoms with E-state index < -0.39 is 24.3 Å². The molecule has 18 heteroatoms. The zero-order chi connectivity index (χ0) is 30.1. The maximum atomic E-state index is 13.3. The first-order chi connectivity index (χ1) is 18.6. The van der Waals surface area contributed by atoms with E-state index in [1.165, 1.54) is 12.1 Å². The van der Waals surface area contributed by atoms with Crippen LogP contribution in [-0.4, -0.2) is 92.1 Å². The molecule has 0 bridgehead atoms. The summed E-state index contributed by atoms with van der Waals surface area (Å²) in [6, 6.07) is 9.78. The molecule has 1 aliphatic heterocycles. The van der Waals surface area contributed by atoms with Crippen LogP contribution in [0.15, 0.2) is 48.8 Å². The fraction of sp³-hybridized carbons (Fsp3) is 0.261. The van der Waals surface area contributed by atoms with Crippen molar-refractivity contribution in [3.63, 3.8) is 0 Å². The lowest BCUT2D eigenvalue weighted by molar-refractivity contribution is -0.193. The van der Waals surface area contributed by atoms with Crippen molar-refractivity contribution in [1.29, 1.82) is 0 Å². The smallest absolute Gasteiger partial charge is 0.475 e. The molecule has 1 amide bonds. The summed E-state index contributed by atoms with van der Waals surface area (Å²) in [5.74, 6) is -5.91.